The van der Waals surface area contributed by atoms with Crippen molar-refractivity contribution in [3.05, 3.63) is 63.4 Å². The van der Waals surface area contributed by atoms with Crippen LogP contribution in [-0.4, -0.2) is 11.5 Å². The molecule has 1 N–H and O–H groups in total. The largest absolute Gasteiger partial charge is 0.433 e. The van der Waals surface area contributed by atoms with Gasteiger partial charge in [-0.05, 0) is 31.5 Å². The summed E-state index contributed by atoms with van der Waals surface area (Å²) in [6.45, 7) is 4.81. The molecule has 0 spiro atoms. The highest BCUT2D eigenvalue weighted by atomic mass is 16.6. The van der Waals surface area contributed by atoms with Gasteiger partial charge in [0, 0.05) is 0 Å². The highest BCUT2D eigenvalue weighted by Gasteiger charge is 2.19. The van der Waals surface area contributed by atoms with Crippen molar-refractivity contribution in [3.8, 4) is 0 Å². The zero-order valence-corrected chi connectivity index (χ0v) is 11.6. The van der Waals surface area contributed by atoms with E-state index >= 15 is 0 Å². The van der Waals surface area contributed by atoms with E-state index in [4.69, 9.17) is 4.42 Å². The number of nitro groups is 1. The van der Waals surface area contributed by atoms with E-state index in [1.165, 1.54) is 17.2 Å². The number of aryl methyl sites for hydroxylation is 1. The minimum atomic E-state index is -0.515. The molecule has 0 bridgehead atoms. The average molecular weight is 274 g/mol. The Hall–Kier alpha value is -2.14. The molecule has 1 aromatic heterocycles. The molecular weight excluding hydrogens is 256 g/mol. The fourth-order valence-corrected chi connectivity index (χ4v) is 2.22. The molecule has 5 nitrogen and oxygen atoms in total. The predicted molar refractivity (Wildman–Crippen MR) is 76.7 cm³/mol. The molecule has 1 aromatic carbocycles. The van der Waals surface area contributed by atoms with E-state index in [2.05, 4.69) is 17.4 Å². The summed E-state index contributed by atoms with van der Waals surface area (Å²) in [5, 5.41) is 14.0. The summed E-state index contributed by atoms with van der Waals surface area (Å²) < 4.78 is 5.30. The third kappa shape index (κ3) is 3.45. The lowest BCUT2D eigenvalue weighted by molar-refractivity contribution is -0.402. The van der Waals surface area contributed by atoms with Gasteiger partial charge in [0.15, 0.2) is 0 Å². The standard InChI is InChI=1S/C15H18N2O3/c1-3-16-13(10-12-6-4-5-11(2)9-12)14-7-8-15(20-14)17(18)19/h4-9,13,16H,3,10H2,1-2H3. The maximum Gasteiger partial charge on any atom is 0.433 e. The second kappa shape index (κ2) is 6.34. The summed E-state index contributed by atoms with van der Waals surface area (Å²) in [5.41, 5.74) is 2.37. The summed E-state index contributed by atoms with van der Waals surface area (Å²) in [7, 11) is 0. The van der Waals surface area contributed by atoms with Crippen molar-refractivity contribution < 1.29 is 9.34 Å². The van der Waals surface area contributed by atoms with E-state index in [9.17, 15) is 10.1 Å². The number of likely N-dealkylation sites (N-methyl/N-ethyl adjacent to an activating group) is 1. The Morgan fingerprint density at radius 3 is 2.75 bits per heavy atom. The van der Waals surface area contributed by atoms with E-state index < -0.39 is 4.92 Å². The van der Waals surface area contributed by atoms with E-state index in [1.807, 2.05) is 26.0 Å². The fourth-order valence-electron chi connectivity index (χ4n) is 2.22. The Balaban J connectivity index is 2.19. The van der Waals surface area contributed by atoms with Gasteiger partial charge in [-0.2, -0.15) is 0 Å². The first-order valence-corrected chi connectivity index (χ1v) is 6.63. The topological polar surface area (TPSA) is 68.3 Å². The van der Waals surface area contributed by atoms with Crippen LogP contribution >= 0.6 is 0 Å². The molecular formula is C15H18N2O3. The first-order chi connectivity index (χ1) is 9.60. The lowest BCUT2D eigenvalue weighted by Gasteiger charge is -2.15. The third-order valence-corrected chi connectivity index (χ3v) is 3.11. The quantitative estimate of drug-likeness (QED) is 0.647. The summed E-state index contributed by atoms with van der Waals surface area (Å²) in [6.07, 6.45) is 0.736. The zero-order chi connectivity index (χ0) is 14.5. The zero-order valence-electron chi connectivity index (χ0n) is 11.6. The molecule has 2 aromatic rings. The van der Waals surface area contributed by atoms with E-state index in [0.717, 1.165) is 13.0 Å². The van der Waals surface area contributed by atoms with Gasteiger partial charge in [-0.3, -0.25) is 10.1 Å². The molecule has 1 unspecified atom stereocenters. The van der Waals surface area contributed by atoms with Crippen LogP contribution in [0, 0.1) is 17.0 Å². The number of rotatable bonds is 6. The lowest BCUT2D eigenvalue weighted by Crippen LogP contribution is -2.22. The summed E-state index contributed by atoms with van der Waals surface area (Å²) in [6, 6.07) is 11.2. The normalized spacial score (nSPS) is 12.3. The van der Waals surface area contributed by atoms with Gasteiger partial charge in [0.2, 0.25) is 0 Å². The molecule has 0 amide bonds. The maximum absolute atomic E-state index is 10.7. The number of benzene rings is 1. The second-order valence-electron chi connectivity index (χ2n) is 4.74. The van der Waals surface area contributed by atoms with Crippen LogP contribution in [0.5, 0.6) is 0 Å². The molecule has 0 aliphatic carbocycles. The molecule has 0 aliphatic heterocycles. The minimum absolute atomic E-state index is 0.0597. The van der Waals surface area contributed by atoms with Crippen LogP contribution in [0.15, 0.2) is 40.8 Å². The second-order valence-corrected chi connectivity index (χ2v) is 4.74. The molecule has 0 saturated heterocycles. The molecule has 20 heavy (non-hydrogen) atoms. The number of furan rings is 1. The van der Waals surface area contributed by atoms with Crippen molar-refractivity contribution in [1.82, 2.24) is 5.32 Å². The minimum Gasteiger partial charge on any atom is -0.404 e. The molecule has 0 fully saturated rings. The van der Waals surface area contributed by atoms with Crippen LogP contribution < -0.4 is 5.32 Å². The smallest absolute Gasteiger partial charge is 0.404 e. The molecule has 2 rings (SSSR count). The summed E-state index contributed by atoms with van der Waals surface area (Å²) >= 11 is 0. The van der Waals surface area contributed by atoms with Crippen LogP contribution in [0.25, 0.3) is 0 Å². The Bertz CT molecular complexity index is 592. The van der Waals surface area contributed by atoms with Gasteiger partial charge in [-0.15, -0.1) is 0 Å². The molecule has 0 aliphatic rings. The Labute approximate surface area is 117 Å². The Morgan fingerprint density at radius 2 is 2.15 bits per heavy atom. The van der Waals surface area contributed by atoms with Gasteiger partial charge in [0.25, 0.3) is 0 Å². The Kier molecular flexibility index (Phi) is 4.53. The molecule has 0 saturated carbocycles. The molecule has 106 valence electrons. The SMILES string of the molecule is CCNC(Cc1cccc(C)c1)c1ccc([N+](=O)[O-])o1. The first-order valence-electron chi connectivity index (χ1n) is 6.63. The highest BCUT2D eigenvalue weighted by molar-refractivity contribution is 5.26. The van der Waals surface area contributed by atoms with Gasteiger partial charge >= 0.3 is 5.88 Å². The van der Waals surface area contributed by atoms with Crippen LogP contribution in [-0.2, 0) is 6.42 Å². The number of nitrogens with zero attached hydrogens (tertiary/aromatic N) is 1. The van der Waals surface area contributed by atoms with Crippen LogP contribution in [0.3, 0.4) is 0 Å². The van der Waals surface area contributed by atoms with E-state index in [-0.39, 0.29) is 11.9 Å². The molecule has 5 heteroatoms. The van der Waals surface area contributed by atoms with Crippen molar-refractivity contribution in [2.45, 2.75) is 26.3 Å². The Morgan fingerprint density at radius 1 is 1.35 bits per heavy atom. The predicted octanol–water partition coefficient (Wildman–Crippen LogP) is 3.39. The van der Waals surface area contributed by atoms with Crippen molar-refractivity contribution >= 4 is 5.88 Å². The van der Waals surface area contributed by atoms with Crippen LogP contribution in [0.1, 0.15) is 29.9 Å². The van der Waals surface area contributed by atoms with Crippen LogP contribution in [0.4, 0.5) is 5.88 Å². The monoisotopic (exact) mass is 274 g/mol. The fraction of sp³-hybridized carbons (Fsp3) is 0.333. The van der Waals surface area contributed by atoms with Crippen molar-refractivity contribution in [2.75, 3.05) is 6.54 Å². The number of hydrogen-bond donors (Lipinski definition) is 1. The average Bonchev–Trinajstić information content (AvgIpc) is 2.88. The van der Waals surface area contributed by atoms with E-state index in [1.54, 1.807) is 6.07 Å². The molecule has 1 heterocycles. The molecule has 1 atom stereocenters. The lowest BCUT2D eigenvalue weighted by atomic mass is 10.0. The van der Waals surface area contributed by atoms with Crippen molar-refractivity contribution in [2.24, 2.45) is 0 Å². The van der Waals surface area contributed by atoms with Gasteiger partial charge in [0.05, 0.1) is 12.1 Å². The highest BCUT2D eigenvalue weighted by Crippen LogP contribution is 2.24. The first kappa shape index (κ1) is 14.3. The van der Waals surface area contributed by atoms with E-state index in [0.29, 0.717) is 5.76 Å². The third-order valence-electron chi connectivity index (χ3n) is 3.11. The number of hydrogen-bond acceptors (Lipinski definition) is 4. The summed E-state index contributed by atoms with van der Waals surface area (Å²) in [5.74, 6) is 0.382. The van der Waals surface area contributed by atoms with Crippen molar-refractivity contribution in [3.63, 3.8) is 0 Å². The van der Waals surface area contributed by atoms with Crippen molar-refractivity contribution in [1.29, 1.82) is 0 Å². The maximum atomic E-state index is 10.7. The van der Waals surface area contributed by atoms with Gasteiger partial charge in [-0.1, -0.05) is 36.8 Å². The summed E-state index contributed by atoms with van der Waals surface area (Å²) in [4.78, 5) is 10.2. The van der Waals surface area contributed by atoms with Gasteiger partial charge in [0.1, 0.15) is 10.7 Å². The number of nitrogens with one attached hydrogen (secondary N) is 1. The van der Waals surface area contributed by atoms with Gasteiger partial charge < -0.3 is 9.73 Å². The van der Waals surface area contributed by atoms with Gasteiger partial charge in [-0.25, -0.2) is 0 Å². The molecule has 0 radical (unpaired) electrons. The van der Waals surface area contributed by atoms with Crippen LogP contribution in [0.2, 0.25) is 0 Å².